The lowest BCUT2D eigenvalue weighted by molar-refractivity contribution is 0.686. The predicted octanol–water partition coefficient (Wildman–Crippen LogP) is 2.57. The van der Waals surface area contributed by atoms with Gasteiger partial charge in [0, 0.05) is 5.75 Å². The fourth-order valence-electron chi connectivity index (χ4n) is 0.998. The third-order valence-electron chi connectivity index (χ3n) is 1.44. The molecule has 0 aromatic heterocycles. The molecule has 1 rings (SSSR count). The molecule has 0 saturated carbocycles. The van der Waals surface area contributed by atoms with Crippen LogP contribution in [-0.2, 0) is 0 Å². The number of hydrogen-bond acceptors (Lipinski definition) is 2. The molecule has 1 heterocycles. The highest BCUT2D eigenvalue weighted by Crippen LogP contribution is 2.22. The van der Waals surface area contributed by atoms with Gasteiger partial charge in [0.25, 0.3) is 0 Å². The zero-order chi connectivity index (χ0) is 7.56. The van der Waals surface area contributed by atoms with E-state index in [4.69, 9.17) is 0 Å². The molecule has 0 unspecified atom stereocenters. The second kappa shape index (κ2) is 3.42. The van der Waals surface area contributed by atoms with Crippen LogP contribution in [0.25, 0.3) is 0 Å². The number of aliphatic imine (C=N–C) groups is 1. The van der Waals surface area contributed by atoms with Gasteiger partial charge < -0.3 is 0 Å². The van der Waals surface area contributed by atoms with E-state index in [9.17, 15) is 0 Å². The van der Waals surface area contributed by atoms with Crippen molar-refractivity contribution in [2.75, 3.05) is 5.75 Å². The molecule has 1 nitrogen and oxygen atoms in total. The molecular weight excluding hydrogens is 142 g/mol. The van der Waals surface area contributed by atoms with E-state index < -0.39 is 0 Å². The lowest BCUT2D eigenvalue weighted by Gasteiger charge is -2.01. The summed E-state index contributed by atoms with van der Waals surface area (Å²) < 4.78 is 0. The van der Waals surface area contributed by atoms with Crippen LogP contribution in [0.15, 0.2) is 4.99 Å². The molecule has 1 aliphatic rings. The molecule has 0 spiro atoms. The summed E-state index contributed by atoms with van der Waals surface area (Å²) in [6.07, 6.45) is 1.18. The zero-order valence-corrected chi connectivity index (χ0v) is 7.74. The van der Waals surface area contributed by atoms with Gasteiger partial charge in [-0.15, -0.1) is 11.8 Å². The Bertz CT molecular complexity index is 140. The minimum atomic E-state index is 0.568. The predicted molar refractivity (Wildman–Crippen MR) is 48.8 cm³/mol. The van der Waals surface area contributed by atoms with Gasteiger partial charge in [-0.1, -0.05) is 13.8 Å². The van der Waals surface area contributed by atoms with Crippen LogP contribution in [0.5, 0.6) is 0 Å². The van der Waals surface area contributed by atoms with Gasteiger partial charge in [0.15, 0.2) is 0 Å². The van der Waals surface area contributed by atoms with E-state index in [2.05, 4.69) is 25.8 Å². The summed E-state index contributed by atoms with van der Waals surface area (Å²) in [4.78, 5) is 4.51. The highest BCUT2D eigenvalue weighted by molar-refractivity contribution is 8.14. The molecule has 0 aromatic carbocycles. The third-order valence-corrected chi connectivity index (χ3v) is 2.69. The fraction of sp³-hybridized carbons (Fsp3) is 0.875. The Balaban J connectivity index is 2.35. The SMILES string of the molecule is CC(C)CC1=N[C@@H](C)CS1. The van der Waals surface area contributed by atoms with Crippen molar-refractivity contribution in [3.63, 3.8) is 0 Å². The highest BCUT2D eigenvalue weighted by atomic mass is 32.2. The van der Waals surface area contributed by atoms with Gasteiger partial charge in [0.2, 0.25) is 0 Å². The second-order valence-electron chi connectivity index (χ2n) is 3.28. The summed E-state index contributed by atoms with van der Waals surface area (Å²) in [5.41, 5.74) is 0. The Morgan fingerprint density at radius 3 is 2.80 bits per heavy atom. The van der Waals surface area contributed by atoms with E-state index in [1.54, 1.807) is 0 Å². The van der Waals surface area contributed by atoms with Crippen LogP contribution in [0, 0.1) is 5.92 Å². The number of nitrogens with zero attached hydrogens (tertiary/aromatic N) is 1. The number of hydrogen-bond donors (Lipinski definition) is 0. The molecule has 2 heteroatoms. The molecule has 10 heavy (non-hydrogen) atoms. The largest absolute Gasteiger partial charge is 0.279 e. The van der Waals surface area contributed by atoms with E-state index >= 15 is 0 Å². The van der Waals surface area contributed by atoms with E-state index in [1.807, 2.05) is 11.8 Å². The van der Waals surface area contributed by atoms with Crippen molar-refractivity contribution < 1.29 is 0 Å². The van der Waals surface area contributed by atoms with Crippen LogP contribution in [-0.4, -0.2) is 16.8 Å². The maximum absolute atomic E-state index is 4.51. The summed E-state index contributed by atoms with van der Waals surface area (Å²) in [5.74, 6) is 1.96. The second-order valence-corrected chi connectivity index (χ2v) is 4.37. The summed E-state index contributed by atoms with van der Waals surface area (Å²) in [5, 5.41) is 1.36. The first-order valence-corrected chi connectivity index (χ1v) is 4.86. The van der Waals surface area contributed by atoms with Crippen LogP contribution >= 0.6 is 11.8 Å². The Kier molecular flexibility index (Phi) is 2.78. The molecule has 0 radical (unpaired) electrons. The topological polar surface area (TPSA) is 12.4 Å². The molecule has 58 valence electrons. The summed E-state index contributed by atoms with van der Waals surface area (Å²) >= 11 is 1.93. The van der Waals surface area contributed by atoms with Crippen LogP contribution in [0.1, 0.15) is 27.2 Å². The normalized spacial score (nSPS) is 25.6. The van der Waals surface area contributed by atoms with Crippen molar-refractivity contribution in [2.45, 2.75) is 33.2 Å². The zero-order valence-electron chi connectivity index (χ0n) is 6.92. The monoisotopic (exact) mass is 157 g/mol. The van der Waals surface area contributed by atoms with E-state index in [-0.39, 0.29) is 0 Å². The lowest BCUT2D eigenvalue weighted by Crippen LogP contribution is -1.95. The first kappa shape index (κ1) is 8.12. The minimum Gasteiger partial charge on any atom is -0.279 e. The Hall–Kier alpha value is 0.0200. The lowest BCUT2D eigenvalue weighted by atomic mass is 10.1. The van der Waals surface area contributed by atoms with Gasteiger partial charge >= 0.3 is 0 Å². The molecule has 0 saturated heterocycles. The van der Waals surface area contributed by atoms with Crippen molar-refractivity contribution in [3.05, 3.63) is 0 Å². The van der Waals surface area contributed by atoms with Crippen LogP contribution in [0.4, 0.5) is 0 Å². The maximum atomic E-state index is 4.51. The number of thioether (sulfide) groups is 1. The van der Waals surface area contributed by atoms with Crippen LogP contribution in [0.3, 0.4) is 0 Å². The Morgan fingerprint density at radius 1 is 1.70 bits per heavy atom. The quantitative estimate of drug-likeness (QED) is 0.600. The summed E-state index contributed by atoms with van der Waals surface area (Å²) in [6.45, 7) is 6.67. The van der Waals surface area contributed by atoms with Gasteiger partial charge in [-0.2, -0.15) is 0 Å². The van der Waals surface area contributed by atoms with E-state index in [0.717, 1.165) is 5.92 Å². The van der Waals surface area contributed by atoms with Gasteiger partial charge in [-0.05, 0) is 19.3 Å². The van der Waals surface area contributed by atoms with Crippen LogP contribution < -0.4 is 0 Å². The van der Waals surface area contributed by atoms with Gasteiger partial charge in [-0.3, -0.25) is 4.99 Å². The molecule has 0 aliphatic carbocycles. The van der Waals surface area contributed by atoms with Gasteiger partial charge in [0.05, 0.1) is 11.1 Å². The molecule has 1 atom stereocenters. The first-order chi connectivity index (χ1) is 4.68. The van der Waals surface area contributed by atoms with Gasteiger partial charge in [-0.25, -0.2) is 0 Å². The van der Waals surface area contributed by atoms with Crippen molar-refractivity contribution >= 4 is 16.8 Å². The molecule has 0 aromatic rings. The molecule has 0 bridgehead atoms. The van der Waals surface area contributed by atoms with Crippen molar-refractivity contribution in [1.29, 1.82) is 0 Å². The molecule has 0 N–H and O–H groups in total. The fourth-order valence-corrected chi connectivity index (χ4v) is 2.21. The maximum Gasteiger partial charge on any atom is 0.0682 e. The number of rotatable bonds is 2. The molecular formula is C8H15NS. The van der Waals surface area contributed by atoms with E-state index in [0.29, 0.717) is 6.04 Å². The average Bonchev–Trinajstić information content (AvgIpc) is 2.13. The molecule has 0 amide bonds. The smallest absolute Gasteiger partial charge is 0.0682 e. The third kappa shape index (κ3) is 2.33. The Labute approximate surface area is 67.3 Å². The van der Waals surface area contributed by atoms with Crippen molar-refractivity contribution in [1.82, 2.24) is 0 Å². The van der Waals surface area contributed by atoms with Crippen LogP contribution in [0.2, 0.25) is 0 Å². The van der Waals surface area contributed by atoms with Crippen molar-refractivity contribution in [2.24, 2.45) is 10.9 Å². The van der Waals surface area contributed by atoms with E-state index in [1.165, 1.54) is 17.2 Å². The standard InChI is InChI=1S/C8H15NS/c1-6(2)4-8-9-7(3)5-10-8/h6-7H,4-5H2,1-3H3/t7-/m0/s1. The summed E-state index contributed by atoms with van der Waals surface area (Å²) in [6, 6.07) is 0.568. The van der Waals surface area contributed by atoms with Gasteiger partial charge in [0.1, 0.15) is 0 Å². The highest BCUT2D eigenvalue weighted by Gasteiger charge is 2.13. The molecule has 0 fully saturated rings. The van der Waals surface area contributed by atoms with Crippen molar-refractivity contribution in [3.8, 4) is 0 Å². The first-order valence-electron chi connectivity index (χ1n) is 3.88. The minimum absolute atomic E-state index is 0.568. The Morgan fingerprint density at radius 2 is 2.40 bits per heavy atom. The summed E-state index contributed by atoms with van der Waals surface area (Å²) in [7, 11) is 0. The average molecular weight is 157 g/mol. The molecule has 1 aliphatic heterocycles.